The van der Waals surface area contributed by atoms with Gasteiger partial charge in [0, 0.05) is 11.4 Å². The standard InChI is InChI=1S/C26H28Cl3N5O5/c1-26(2,3)11-10-24(37)39-25-19(6-5-7-20(25)38-4)33(23(36)13-27)15-22(35)30-17-12-16(28)8-9-18(17)34-14-21(29)31-32-34/h5-9,12,14H,10-11,13,15H2,1-4H3,(H,30,35). The highest BCUT2D eigenvalue weighted by atomic mass is 35.5. The molecule has 0 aliphatic rings. The van der Waals surface area contributed by atoms with E-state index < -0.39 is 30.2 Å². The van der Waals surface area contributed by atoms with Crippen LogP contribution in [-0.4, -0.2) is 52.3 Å². The highest BCUT2D eigenvalue weighted by molar-refractivity contribution is 6.31. The number of rotatable bonds is 10. The molecule has 0 aliphatic carbocycles. The summed E-state index contributed by atoms with van der Waals surface area (Å²) in [7, 11) is 1.41. The molecular formula is C26H28Cl3N5O5. The molecule has 39 heavy (non-hydrogen) atoms. The number of benzene rings is 2. The first-order chi connectivity index (χ1) is 18.4. The third-order valence-corrected chi connectivity index (χ3v) is 6.06. The van der Waals surface area contributed by atoms with Crippen molar-refractivity contribution in [3.8, 4) is 17.2 Å². The zero-order chi connectivity index (χ0) is 28.7. The molecule has 1 aromatic heterocycles. The normalized spacial score (nSPS) is 11.2. The van der Waals surface area contributed by atoms with Gasteiger partial charge in [-0.05, 0) is 42.2 Å². The molecule has 2 aromatic carbocycles. The molecule has 0 unspecified atom stereocenters. The third-order valence-electron chi connectivity index (χ3n) is 5.43. The Morgan fingerprint density at radius 2 is 1.87 bits per heavy atom. The molecule has 0 radical (unpaired) electrons. The number of aromatic nitrogens is 3. The van der Waals surface area contributed by atoms with E-state index in [1.165, 1.54) is 30.1 Å². The summed E-state index contributed by atoms with van der Waals surface area (Å²) < 4.78 is 12.4. The van der Waals surface area contributed by atoms with E-state index in [0.29, 0.717) is 22.8 Å². The summed E-state index contributed by atoms with van der Waals surface area (Å²) >= 11 is 17.9. The molecule has 13 heteroatoms. The van der Waals surface area contributed by atoms with E-state index in [1.54, 1.807) is 24.3 Å². The molecule has 3 aromatic rings. The van der Waals surface area contributed by atoms with Crippen LogP contribution in [0.4, 0.5) is 11.4 Å². The minimum absolute atomic E-state index is 0.00544. The van der Waals surface area contributed by atoms with E-state index in [2.05, 4.69) is 15.6 Å². The molecule has 0 spiro atoms. The van der Waals surface area contributed by atoms with E-state index in [4.69, 9.17) is 44.3 Å². The molecule has 3 rings (SSSR count). The first-order valence-electron chi connectivity index (χ1n) is 11.8. The third kappa shape index (κ3) is 8.32. The zero-order valence-electron chi connectivity index (χ0n) is 21.8. The van der Waals surface area contributed by atoms with Gasteiger partial charge in [0.1, 0.15) is 12.4 Å². The Balaban J connectivity index is 1.91. The lowest BCUT2D eigenvalue weighted by Gasteiger charge is -2.25. The Bertz CT molecular complexity index is 1360. The molecule has 0 saturated carbocycles. The maximum Gasteiger partial charge on any atom is 0.311 e. The van der Waals surface area contributed by atoms with E-state index in [1.807, 2.05) is 20.8 Å². The van der Waals surface area contributed by atoms with Crippen molar-refractivity contribution in [3.63, 3.8) is 0 Å². The van der Waals surface area contributed by atoms with Crippen LogP contribution in [0.3, 0.4) is 0 Å². The highest BCUT2D eigenvalue weighted by Gasteiger charge is 2.26. The van der Waals surface area contributed by atoms with Crippen LogP contribution in [0, 0.1) is 5.41 Å². The number of ether oxygens (including phenoxy) is 2. The van der Waals surface area contributed by atoms with Crippen LogP contribution >= 0.6 is 34.8 Å². The number of alkyl halides is 1. The van der Waals surface area contributed by atoms with Gasteiger partial charge in [-0.25, -0.2) is 4.68 Å². The van der Waals surface area contributed by atoms with Gasteiger partial charge >= 0.3 is 5.97 Å². The van der Waals surface area contributed by atoms with Crippen molar-refractivity contribution in [1.29, 1.82) is 0 Å². The number of carbonyl (C=O) groups excluding carboxylic acids is 3. The van der Waals surface area contributed by atoms with Gasteiger partial charge < -0.3 is 14.8 Å². The minimum Gasteiger partial charge on any atom is -0.493 e. The van der Waals surface area contributed by atoms with Gasteiger partial charge in [0.05, 0.1) is 30.4 Å². The zero-order valence-corrected chi connectivity index (χ0v) is 24.1. The van der Waals surface area contributed by atoms with Gasteiger partial charge in [-0.1, -0.05) is 55.3 Å². The first kappa shape index (κ1) is 30.2. The lowest BCUT2D eigenvalue weighted by Crippen LogP contribution is -2.39. The molecule has 0 bridgehead atoms. The highest BCUT2D eigenvalue weighted by Crippen LogP contribution is 2.38. The number of hydrogen-bond acceptors (Lipinski definition) is 7. The van der Waals surface area contributed by atoms with Crippen LogP contribution in [0.15, 0.2) is 42.6 Å². The Labute approximate surface area is 241 Å². The summed E-state index contributed by atoms with van der Waals surface area (Å²) in [6.07, 6.45) is 2.19. The number of halogens is 3. The molecule has 10 nitrogen and oxygen atoms in total. The lowest BCUT2D eigenvalue weighted by molar-refractivity contribution is -0.135. The number of carbonyl (C=O) groups is 3. The summed E-state index contributed by atoms with van der Waals surface area (Å²) in [5, 5.41) is 10.9. The van der Waals surface area contributed by atoms with E-state index in [9.17, 15) is 14.4 Å². The fourth-order valence-electron chi connectivity index (χ4n) is 3.50. The van der Waals surface area contributed by atoms with Crippen LogP contribution in [0.2, 0.25) is 10.2 Å². The largest absolute Gasteiger partial charge is 0.493 e. The average molecular weight is 597 g/mol. The number of nitrogens with zero attached hydrogens (tertiary/aromatic N) is 4. The fraction of sp³-hybridized carbons (Fsp3) is 0.346. The Kier molecular flexibility index (Phi) is 10.2. The van der Waals surface area contributed by atoms with E-state index in [0.717, 1.165) is 4.90 Å². The number of amides is 2. The predicted octanol–water partition coefficient (Wildman–Crippen LogP) is 5.52. The molecule has 2 amide bonds. The second-order valence-electron chi connectivity index (χ2n) is 9.65. The van der Waals surface area contributed by atoms with E-state index in [-0.39, 0.29) is 34.2 Å². The summed E-state index contributed by atoms with van der Waals surface area (Å²) in [4.78, 5) is 39.9. The van der Waals surface area contributed by atoms with Crippen molar-refractivity contribution in [2.24, 2.45) is 5.41 Å². The summed E-state index contributed by atoms with van der Waals surface area (Å²) in [6, 6.07) is 9.49. The molecule has 1 heterocycles. The van der Waals surface area contributed by atoms with Crippen LogP contribution in [0.1, 0.15) is 33.6 Å². The van der Waals surface area contributed by atoms with Crippen LogP contribution < -0.4 is 19.7 Å². The molecule has 208 valence electrons. The Morgan fingerprint density at radius 1 is 1.13 bits per heavy atom. The van der Waals surface area contributed by atoms with Crippen LogP contribution in [-0.2, 0) is 14.4 Å². The lowest BCUT2D eigenvalue weighted by atomic mass is 9.91. The van der Waals surface area contributed by atoms with Crippen molar-refractivity contribution >= 4 is 64.0 Å². The smallest absolute Gasteiger partial charge is 0.311 e. The van der Waals surface area contributed by atoms with Crippen molar-refractivity contribution in [2.75, 3.05) is 29.8 Å². The van der Waals surface area contributed by atoms with Crippen molar-refractivity contribution in [3.05, 3.63) is 52.8 Å². The average Bonchev–Trinajstić information content (AvgIpc) is 3.31. The second-order valence-corrected chi connectivity index (χ2v) is 10.7. The molecule has 0 saturated heterocycles. The van der Waals surface area contributed by atoms with Gasteiger partial charge in [-0.3, -0.25) is 19.3 Å². The molecule has 0 atom stereocenters. The molecule has 1 N–H and O–H groups in total. The topological polar surface area (TPSA) is 116 Å². The predicted molar refractivity (Wildman–Crippen MR) is 150 cm³/mol. The van der Waals surface area contributed by atoms with Gasteiger partial charge in [0.15, 0.2) is 16.7 Å². The maximum absolute atomic E-state index is 13.2. The molecular weight excluding hydrogens is 569 g/mol. The monoisotopic (exact) mass is 595 g/mol. The van der Waals surface area contributed by atoms with Crippen molar-refractivity contribution < 1.29 is 23.9 Å². The summed E-state index contributed by atoms with van der Waals surface area (Å²) in [6.45, 7) is 5.57. The molecule has 0 fully saturated rings. The first-order valence-corrected chi connectivity index (χ1v) is 13.1. The Hall–Kier alpha value is -3.34. The number of anilines is 2. The van der Waals surface area contributed by atoms with Gasteiger partial charge in [-0.2, -0.15) is 0 Å². The summed E-state index contributed by atoms with van der Waals surface area (Å²) in [5.41, 5.74) is 0.802. The van der Waals surface area contributed by atoms with Crippen molar-refractivity contribution in [1.82, 2.24) is 15.0 Å². The van der Waals surface area contributed by atoms with Crippen molar-refractivity contribution in [2.45, 2.75) is 33.6 Å². The number of esters is 1. The van der Waals surface area contributed by atoms with Crippen LogP contribution in [0.25, 0.3) is 5.69 Å². The summed E-state index contributed by atoms with van der Waals surface area (Å²) in [5.74, 6) is -1.90. The fourth-order valence-corrected chi connectivity index (χ4v) is 3.95. The number of methoxy groups -OCH3 is 1. The molecule has 0 aliphatic heterocycles. The Morgan fingerprint density at radius 3 is 2.49 bits per heavy atom. The van der Waals surface area contributed by atoms with Gasteiger partial charge in [0.25, 0.3) is 0 Å². The SMILES string of the molecule is COc1cccc(N(CC(=O)Nc2cc(Cl)ccc2-n2cc(Cl)nn2)C(=O)CCl)c1OC(=O)CCC(C)(C)C. The second kappa shape index (κ2) is 13.1. The minimum atomic E-state index is -0.596. The van der Waals surface area contributed by atoms with E-state index >= 15 is 0 Å². The van der Waals surface area contributed by atoms with Crippen LogP contribution in [0.5, 0.6) is 11.5 Å². The maximum atomic E-state index is 13.2. The number of para-hydroxylation sites is 1. The number of hydrogen-bond donors (Lipinski definition) is 1. The van der Waals surface area contributed by atoms with Gasteiger partial charge in [0.2, 0.25) is 11.8 Å². The van der Waals surface area contributed by atoms with Gasteiger partial charge in [-0.15, -0.1) is 16.7 Å². The number of nitrogens with one attached hydrogen (secondary N) is 1. The quantitative estimate of drug-likeness (QED) is 0.186.